The average molecular weight is 191 g/mol. The van der Waals surface area contributed by atoms with Crippen LogP contribution in [0, 0.1) is 0 Å². The van der Waals surface area contributed by atoms with Crippen LogP contribution in [0.4, 0.5) is 0 Å². The van der Waals surface area contributed by atoms with E-state index in [-0.39, 0.29) is 23.9 Å². The summed E-state index contributed by atoms with van der Waals surface area (Å²) < 4.78 is 0. The van der Waals surface area contributed by atoms with Crippen LogP contribution in [0.1, 0.15) is 0 Å². The molecule has 0 aliphatic heterocycles. The van der Waals surface area contributed by atoms with Gasteiger partial charge in [0.25, 0.3) is 0 Å². The molecule has 0 unspecified atom stereocenters. The summed E-state index contributed by atoms with van der Waals surface area (Å²) >= 11 is 0. The van der Waals surface area contributed by atoms with E-state index in [2.05, 4.69) is 6.58 Å². The molecule has 1 N–H and O–H groups in total. The Morgan fingerprint density at radius 1 is 1.83 bits per heavy atom. The number of hydrogen-bond acceptors (Lipinski definition) is 1. The fraction of sp³-hybridized carbons (Fsp3) is 0. The van der Waals surface area contributed by atoms with Crippen LogP contribution < -0.4 is 0 Å². The maximum Gasteiger partial charge on any atom is 0.327 e. The first-order chi connectivity index (χ1) is 2.27. The third kappa shape index (κ3) is 8.99. The van der Waals surface area contributed by atoms with Crippen LogP contribution in [0.15, 0.2) is 12.7 Å². The van der Waals surface area contributed by atoms with Gasteiger partial charge in [-0.3, -0.25) is 0 Å². The van der Waals surface area contributed by atoms with E-state index < -0.39 is 5.97 Å². The number of carboxylic acid groups (broad SMARTS) is 1. The third-order valence-electron chi connectivity index (χ3n) is 0.175. The van der Waals surface area contributed by atoms with Gasteiger partial charge >= 0.3 is 5.97 Å². The molecule has 6 heavy (non-hydrogen) atoms. The molecule has 0 aliphatic rings. The molecular formula is C3H4O2Sn. The number of hydrogen-bond donors (Lipinski definition) is 1. The van der Waals surface area contributed by atoms with E-state index >= 15 is 0 Å². The number of carbonyl (C=O) groups is 1. The molecule has 0 rings (SSSR count). The molecule has 0 fully saturated rings. The molecule has 0 amide bonds. The molecule has 32 valence electrons. The van der Waals surface area contributed by atoms with Crippen LogP contribution in [0.25, 0.3) is 0 Å². The molecule has 0 bridgehead atoms. The van der Waals surface area contributed by atoms with Crippen molar-refractivity contribution in [2.45, 2.75) is 0 Å². The molecule has 3 heteroatoms. The van der Waals surface area contributed by atoms with Crippen molar-refractivity contribution < 1.29 is 9.90 Å². The first-order valence-electron chi connectivity index (χ1n) is 1.12. The average Bonchev–Trinajstić information content (AvgIpc) is 1.38. The van der Waals surface area contributed by atoms with Gasteiger partial charge in [0.2, 0.25) is 0 Å². The van der Waals surface area contributed by atoms with Gasteiger partial charge in [0.1, 0.15) is 0 Å². The topological polar surface area (TPSA) is 37.3 Å². The zero-order valence-corrected chi connectivity index (χ0v) is 5.99. The van der Waals surface area contributed by atoms with Gasteiger partial charge in [0, 0.05) is 30.0 Å². The molecule has 2 nitrogen and oxygen atoms in total. The van der Waals surface area contributed by atoms with Crippen LogP contribution in [0.5, 0.6) is 0 Å². The minimum absolute atomic E-state index is 0. The van der Waals surface area contributed by atoms with Gasteiger partial charge < -0.3 is 5.11 Å². The molecule has 0 aromatic carbocycles. The monoisotopic (exact) mass is 192 g/mol. The largest absolute Gasteiger partial charge is 0.478 e. The van der Waals surface area contributed by atoms with E-state index in [0.717, 1.165) is 6.08 Å². The van der Waals surface area contributed by atoms with Gasteiger partial charge in [-0.05, 0) is 0 Å². The van der Waals surface area contributed by atoms with E-state index in [4.69, 9.17) is 5.11 Å². The second kappa shape index (κ2) is 5.01. The van der Waals surface area contributed by atoms with Gasteiger partial charge in [0.05, 0.1) is 0 Å². The Kier molecular flexibility index (Phi) is 7.83. The van der Waals surface area contributed by atoms with E-state index in [1.807, 2.05) is 0 Å². The third-order valence-corrected chi connectivity index (χ3v) is 0.175. The molecule has 0 aromatic heterocycles. The minimum atomic E-state index is -0.981. The Bertz CT molecular complexity index is 59.8. The summed E-state index contributed by atoms with van der Waals surface area (Å²) in [6.07, 6.45) is 0.833. The zero-order chi connectivity index (χ0) is 4.28. The van der Waals surface area contributed by atoms with Crippen molar-refractivity contribution in [1.82, 2.24) is 0 Å². The Morgan fingerprint density at radius 2 is 2.00 bits per heavy atom. The Hall–Kier alpha value is 0.00870. The SMILES string of the molecule is C=CC(=O)O.[Sn]. The summed E-state index contributed by atoms with van der Waals surface area (Å²) in [6, 6.07) is 0. The molecule has 0 heterocycles. The fourth-order valence-electron chi connectivity index (χ4n) is 0. The van der Waals surface area contributed by atoms with E-state index in [0.29, 0.717) is 0 Å². The summed E-state index contributed by atoms with van der Waals surface area (Å²) in [5, 5.41) is 7.60. The molecule has 0 aliphatic carbocycles. The van der Waals surface area contributed by atoms with Crippen LogP contribution in [0.3, 0.4) is 0 Å². The van der Waals surface area contributed by atoms with Crippen LogP contribution in [0.2, 0.25) is 0 Å². The normalized spacial score (nSPS) is 5.33. The zero-order valence-electron chi connectivity index (χ0n) is 3.14. The van der Waals surface area contributed by atoms with Crippen LogP contribution >= 0.6 is 0 Å². The van der Waals surface area contributed by atoms with Crippen molar-refractivity contribution in [2.75, 3.05) is 0 Å². The Balaban J connectivity index is 0. The van der Waals surface area contributed by atoms with Crippen molar-refractivity contribution >= 4 is 29.9 Å². The fourth-order valence-corrected chi connectivity index (χ4v) is 0. The maximum absolute atomic E-state index is 9.25. The first kappa shape index (κ1) is 9.38. The van der Waals surface area contributed by atoms with Crippen LogP contribution in [-0.2, 0) is 4.79 Å². The van der Waals surface area contributed by atoms with Crippen molar-refractivity contribution in [3.05, 3.63) is 12.7 Å². The van der Waals surface area contributed by atoms with E-state index in [1.165, 1.54) is 0 Å². The molecule has 0 aromatic rings. The van der Waals surface area contributed by atoms with E-state index in [1.54, 1.807) is 0 Å². The van der Waals surface area contributed by atoms with Crippen molar-refractivity contribution in [1.29, 1.82) is 0 Å². The molecule has 0 spiro atoms. The second-order valence-electron chi connectivity index (χ2n) is 0.542. The number of rotatable bonds is 1. The predicted octanol–water partition coefficient (Wildman–Crippen LogP) is -0.124. The predicted molar refractivity (Wildman–Crippen MR) is 23.6 cm³/mol. The summed E-state index contributed by atoms with van der Waals surface area (Å²) in [6.45, 7) is 2.96. The first-order valence-corrected chi connectivity index (χ1v) is 1.12. The maximum atomic E-state index is 9.25. The summed E-state index contributed by atoms with van der Waals surface area (Å²) in [4.78, 5) is 9.25. The quantitative estimate of drug-likeness (QED) is 0.463. The Morgan fingerprint density at radius 3 is 2.00 bits per heavy atom. The Labute approximate surface area is 52.8 Å². The van der Waals surface area contributed by atoms with Gasteiger partial charge in [-0.1, -0.05) is 6.58 Å². The van der Waals surface area contributed by atoms with Crippen molar-refractivity contribution in [3.63, 3.8) is 0 Å². The molecule has 0 saturated heterocycles. The van der Waals surface area contributed by atoms with Crippen LogP contribution in [-0.4, -0.2) is 35.0 Å². The number of aliphatic carboxylic acids is 1. The molecular weight excluding hydrogens is 187 g/mol. The van der Waals surface area contributed by atoms with Crippen molar-refractivity contribution in [3.8, 4) is 0 Å². The van der Waals surface area contributed by atoms with Gasteiger partial charge in [0.15, 0.2) is 0 Å². The summed E-state index contributed by atoms with van der Waals surface area (Å²) in [5.41, 5.74) is 0. The van der Waals surface area contributed by atoms with Gasteiger partial charge in [-0.25, -0.2) is 4.79 Å². The van der Waals surface area contributed by atoms with Gasteiger partial charge in [-0.2, -0.15) is 0 Å². The molecule has 0 saturated carbocycles. The summed E-state index contributed by atoms with van der Waals surface area (Å²) in [7, 11) is 0. The second-order valence-corrected chi connectivity index (χ2v) is 0.542. The molecule has 4 radical (unpaired) electrons. The number of carboxylic acids is 1. The van der Waals surface area contributed by atoms with Crippen molar-refractivity contribution in [2.24, 2.45) is 0 Å². The standard InChI is InChI=1S/C3H4O2.Sn/c1-2-3(4)5;/h2H,1H2,(H,4,5);. The van der Waals surface area contributed by atoms with Gasteiger partial charge in [-0.15, -0.1) is 0 Å². The van der Waals surface area contributed by atoms with E-state index in [9.17, 15) is 4.79 Å². The summed E-state index contributed by atoms with van der Waals surface area (Å²) in [5.74, 6) is -0.981. The minimum Gasteiger partial charge on any atom is -0.478 e. The molecule has 0 atom stereocenters. The smallest absolute Gasteiger partial charge is 0.327 e.